The molecule has 0 radical (unpaired) electrons. The number of carbonyl (C=O) groups excluding carboxylic acids is 1. The van der Waals surface area contributed by atoms with Crippen LogP contribution in [0.15, 0.2) is 27.1 Å². The number of rotatable bonds is 3. The van der Waals surface area contributed by atoms with Gasteiger partial charge in [0, 0.05) is 22.0 Å². The Labute approximate surface area is 131 Å². The van der Waals surface area contributed by atoms with Crippen LogP contribution in [-0.4, -0.2) is 23.9 Å². The molecule has 1 fully saturated rings. The predicted molar refractivity (Wildman–Crippen MR) is 85.4 cm³/mol. The van der Waals surface area contributed by atoms with Gasteiger partial charge in [0.25, 0.3) is 5.91 Å². The minimum Gasteiger partial charge on any atom is -0.338 e. The summed E-state index contributed by atoms with van der Waals surface area (Å²) in [5.74, 6) is 0.142. The maximum absolute atomic E-state index is 12.6. The molecule has 2 nitrogen and oxygen atoms in total. The van der Waals surface area contributed by atoms with Crippen molar-refractivity contribution in [2.45, 2.75) is 33.1 Å². The summed E-state index contributed by atoms with van der Waals surface area (Å²) in [5, 5.41) is 0. The van der Waals surface area contributed by atoms with Crippen LogP contribution in [0, 0.1) is 5.41 Å². The summed E-state index contributed by atoms with van der Waals surface area (Å²) in [6, 6.07) is 5.73. The van der Waals surface area contributed by atoms with Gasteiger partial charge in [0.2, 0.25) is 0 Å². The molecule has 1 aliphatic heterocycles. The van der Waals surface area contributed by atoms with Crippen molar-refractivity contribution in [3.8, 4) is 0 Å². The molecule has 19 heavy (non-hydrogen) atoms. The average molecular weight is 389 g/mol. The first-order valence-corrected chi connectivity index (χ1v) is 8.34. The minimum absolute atomic E-state index is 0.142. The zero-order chi connectivity index (χ0) is 14.0. The van der Waals surface area contributed by atoms with Gasteiger partial charge in [-0.25, -0.2) is 0 Å². The number of hydrogen-bond acceptors (Lipinski definition) is 1. The normalized spacial score (nSPS) is 17.8. The van der Waals surface area contributed by atoms with E-state index in [0.717, 1.165) is 46.9 Å². The maximum atomic E-state index is 12.6. The Morgan fingerprint density at radius 3 is 2.53 bits per heavy atom. The fourth-order valence-electron chi connectivity index (χ4n) is 2.77. The second-order valence-electron chi connectivity index (χ2n) is 5.31. The van der Waals surface area contributed by atoms with Gasteiger partial charge in [-0.05, 0) is 58.8 Å². The summed E-state index contributed by atoms with van der Waals surface area (Å²) >= 11 is 6.89. The van der Waals surface area contributed by atoms with Crippen molar-refractivity contribution in [1.82, 2.24) is 4.90 Å². The Morgan fingerprint density at radius 1 is 1.32 bits per heavy atom. The molecule has 1 aromatic carbocycles. The van der Waals surface area contributed by atoms with Gasteiger partial charge in [-0.2, -0.15) is 0 Å². The van der Waals surface area contributed by atoms with Gasteiger partial charge >= 0.3 is 0 Å². The van der Waals surface area contributed by atoms with E-state index in [9.17, 15) is 4.79 Å². The molecule has 2 rings (SSSR count). The Morgan fingerprint density at radius 2 is 2.00 bits per heavy atom. The summed E-state index contributed by atoms with van der Waals surface area (Å²) in [6.07, 6.45) is 3.42. The van der Waals surface area contributed by atoms with Gasteiger partial charge < -0.3 is 4.90 Å². The molecule has 0 aliphatic carbocycles. The lowest BCUT2D eigenvalue weighted by atomic mass is 9.82. The quantitative estimate of drug-likeness (QED) is 0.723. The molecule has 4 heteroatoms. The van der Waals surface area contributed by atoms with Crippen LogP contribution in [0.1, 0.15) is 43.5 Å². The molecule has 0 saturated carbocycles. The molecule has 1 amide bonds. The van der Waals surface area contributed by atoms with Gasteiger partial charge in [0.15, 0.2) is 0 Å². The summed E-state index contributed by atoms with van der Waals surface area (Å²) < 4.78 is 1.84. The zero-order valence-electron chi connectivity index (χ0n) is 11.4. The van der Waals surface area contributed by atoms with E-state index in [0.29, 0.717) is 5.41 Å². The fraction of sp³-hybridized carbons (Fsp3) is 0.533. The van der Waals surface area contributed by atoms with E-state index in [1.807, 2.05) is 23.1 Å². The van der Waals surface area contributed by atoms with Crippen LogP contribution >= 0.6 is 31.9 Å². The molecule has 0 N–H and O–H groups in total. The van der Waals surface area contributed by atoms with E-state index in [2.05, 4.69) is 45.7 Å². The topological polar surface area (TPSA) is 20.3 Å². The number of halogens is 2. The molecule has 1 aromatic rings. The molecule has 0 spiro atoms. The first-order chi connectivity index (χ1) is 9.01. The zero-order valence-corrected chi connectivity index (χ0v) is 14.6. The third-order valence-electron chi connectivity index (χ3n) is 4.39. The maximum Gasteiger partial charge on any atom is 0.255 e. The highest BCUT2D eigenvalue weighted by Gasteiger charge is 2.37. The van der Waals surface area contributed by atoms with Gasteiger partial charge in [-0.15, -0.1) is 0 Å². The Hall–Kier alpha value is -0.350. The van der Waals surface area contributed by atoms with Gasteiger partial charge in [0.05, 0.1) is 5.56 Å². The van der Waals surface area contributed by atoms with Crippen LogP contribution in [0.5, 0.6) is 0 Å². The lowest BCUT2D eigenvalue weighted by Crippen LogP contribution is -2.32. The highest BCUT2D eigenvalue weighted by molar-refractivity contribution is 9.11. The first-order valence-electron chi connectivity index (χ1n) is 6.75. The second-order valence-corrected chi connectivity index (χ2v) is 7.08. The van der Waals surface area contributed by atoms with E-state index in [-0.39, 0.29) is 5.91 Å². The standard InChI is InChI=1S/C15H19Br2NO/c1-3-15(4-2)7-8-18(10-15)14(19)12-6-5-11(16)9-13(12)17/h5-6,9H,3-4,7-8,10H2,1-2H3. The Bertz CT molecular complexity index is 483. The van der Waals surface area contributed by atoms with Crippen LogP contribution in [-0.2, 0) is 0 Å². The molecule has 0 bridgehead atoms. The highest BCUT2D eigenvalue weighted by Crippen LogP contribution is 2.38. The van der Waals surface area contributed by atoms with Crippen LogP contribution in [0.4, 0.5) is 0 Å². The van der Waals surface area contributed by atoms with E-state index in [1.165, 1.54) is 0 Å². The number of amides is 1. The van der Waals surface area contributed by atoms with Gasteiger partial charge in [-0.3, -0.25) is 4.79 Å². The SMILES string of the molecule is CCC1(CC)CCN(C(=O)c2ccc(Br)cc2Br)C1. The van der Waals surface area contributed by atoms with E-state index >= 15 is 0 Å². The second kappa shape index (κ2) is 5.96. The van der Waals surface area contributed by atoms with Gasteiger partial charge in [-0.1, -0.05) is 29.8 Å². The van der Waals surface area contributed by atoms with Crippen molar-refractivity contribution in [2.75, 3.05) is 13.1 Å². The molecule has 1 saturated heterocycles. The number of likely N-dealkylation sites (tertiary alicyclic amines) is 1. The van der Waals surface area contributed by atoms with Crippen LogP contribution in [0.2, 0.25) is 0 Å². The molecule has 0 unspecified atom stereocenters. The molecule has 0 atom stereocenters. The van der Waals surface area contributed by atoms with Crippen molar-refractivity contribution < 1.29 is 4.79 Å². The smallest absolute Gasteiger partial charge is 0.255 e. The lowest BCUT2D eigenvalue weighted by Gasteiger charge is -2.26. The summed E-state index contributed by atoms with van der Waals surface area (Å²) in [4.78, 5) is 14.6. The van der Waals surface area contributed by atoms with Crippen molar-refractivity contribution in [1.29, 1.82) is 0 Å². The van der Waals surface area contributed by atoms with Gasteiger partial charge in [0.1, 0.15) is 0 Å². The average Bonchev–Trinajstić information content (AvgIpc) is 2.83. The van der Waals surface area contributed by atoms with Crippen molar-refractivity contribution in [2.24, 2.45) is 5.41 Å². The fourth-order valence-corrected chi connectivity index (χ4v) is 3.99. The Balaban J connectivity index is 2.17. The Kier molecular flexibility index (Phi) is 4.72. The molecule has 104 valence electrons. The largest absolute Gasteiger partial charge is 0.338 e. The molecule has 1 aliphatic rings. The first kappa shape index (κ1) is 15.0. The summed E-state index contributed by atoms with van der Waals surface area (Å²) in [6.45, 7) is 6.23. The van der Waals surface area contributed by atoms with E-state index in [1.54, 1.807) is 0 Å². The molecule has 0 aromatic heterocycles. The monoisotopic (exact) mass is 387 g/mol. The molecule has 1 heterocycles. The van der Waals surface area contributed by atoms with Crippen LogP contribution in [0.25, 0.3) is 0 Å². The lowest BCUT2D eigenvalue weighted by molar-refractivity contribution is 0.0769. The highest BCUT2D eigenvalue weighted by atomic mass is 79.9. The van der Waals surface area contributed by atoms with Crippen molar-refractivity contribution >= 4 is 37.8 Å². The van der Waals surface area contributed by atoms with Crippen molar-refractivity contribution in [3.63, 3.8) is 0 Å². The van der Waals surface area contributed by atoms with Crippen molar-refractivity contribution in [3.05, 3.63) is 32.7 Å². The number of hydrogen-bond donors (Lipinski definition) is 0. The van der Waals surface area contributed by atoms with Crippen LogP contribution < -0.4 is 0 Å². The minimum atomic E-state index is 0.142. The summed E-state index contributed by atoms with van der Waals surface area (Å²) in [7, 11) is 0. The predicted octanol–water partition coefficient (Wildman–Crippen LogP) is 4.86. The molecular formula is C15H19Br2NO. The third kappa shape index (κ3) is 3.05. The number of carbonyl (C=O) groups is 1. The van der Waals surface area contributed by atoms with Crippen LogP contribution in [0.3, 0.4) is 0 Å². The molecular weight excluding hydrogens is 370 g/mol. The van der Waals surface area contributed by atoms with E-state index in [4.69, 9.17) is 0 Å². The number of benzene rings is 1. The number of nitrogens with zero attached hydrogens (tertiary/aromatic N) is 1. The van der Waals surface area contributed by atoms with E-state index < -0.39 is 0 Å². The third-order valence-corrected chi connectivity index (χ3v) is 5.54. The summed E-state index contributed by atoms with van der Waals surface area (Å²) in [5.41, 5.74) is 1.09.